The number of aryl methyl sites for hydroxylation is 1. The van der Waals surface area contributed by atoms with E-state index in [1.54, 1.807) is 24.3 Å². The van der Waals surface area contributed by atoms with Crippen molar-refractivity contribution in [1.82, 2.24) is 5.48 Å². The lowest BCUT2D eigenvalue weighted by Crippen LogP contribution is -2.51. The summed E-state index contributed by atoms with van der Waals surface area (Å²) in [4.78, 5) is 25.4. The molecule has 1 aliphatic rings. The zero-order chi connectivity index (χ0) is 20.2. The minimum absolute atomic E-state index is 0.0620. The Labute approximate surface area is 157 Å². The second kappa shape index (κ2) is 8.22. The Bertz CT molecular complexity index is 798. The van der Waals surface area contributed by atoms with Crippen molar-refractivity contribution in [1.29, 1.82) is 0 Å². The second-order valence-corrected chi connectivity index (χ2v) is 9.17. The van der Waals surface area contributed by atoms with Crippen LogP contribution in [-0.2, 0) is 25.8 Å². The van der Waals surface area contributed by atoms with E-state index < -0.39 is 39.4 Å². The third-order valence-corrected chi connectivity index (χ3v) is 6.73. The topological polar surface area (TPSA) is 113 Å². The van der Waals surface area contributed by atoms with Gasteiger partial charge >= 0.3 is 6.09 Å². The molecule has 8 nitrogen and oxygen atoms in total. The molecule has 1 aromatic rings. The van der Waals surface area contributed by atoms with Crippen LogP contribution < -0.4 is 10.4 Å². The predicted molar refractivity (Wildman–Crippen MR) is 96.1 cm³/mol. The van der Waals surface area contributed by atoms with Gasteiger partial charge in [-0.3, -0.25) is 19.3 Å². The van der Waals surface area contributed by atoms with E-state index in [1.807, 2.05) is 0 Å². The van der Waals surface area contributed by atoms with Gasteiger partial charge in [0.1, 0.15) is 6.10 Å². The quantitative estimate of drug-likeness (QED) is 0.505. The first-order valence-corrected chi connectivity index (χ1v) is 10.3. The average molecular weight is 402 g/mol. The Morgan fingerprint density at radius 2 is 2.04 bits per heavy atom. The summed E-state index contributed by atoms with van der Waals surface area (Å²) in [5, 5.41) is 8.87. The summed E-state index contributed by atoms with van der Waals surface area (Å²) in [6.45, 7) is 0.832. The number of ether oxygens (including phenoxy) is 1. The van der Waals surface area contributed by atoms with Crippen molar-refractivity contribution in [2.24, 2.45) is 0 Å². The summed E-state index contributed by atoms with van der Waals surface area (Å²) < 4.78 is 39.6. The number of hydroxylamine groups is 1. The Morgan fingerprint density at radius 1 is 1.41 bits per heavy atom. The molecule has 0 saturated carbocycles. The fourth-order valence-electron chi connectivity index (χ4n) is 2.92. The van der Waals surface area contributed by atoms with E-state index in [1.165, 1.54) is 17.3 Å². The van der Waals surface area contributed by atoms with Gasteiger partial charge in [0, 0.05) is 18.4 Å². The molecule has 10 heteroatoms. The van der Waals surface area contributed by atoms with Crippen molar-refractivity contribution in [3.8, 4) is 0 Å². The number of cyclic esters (lactones) is 1. The lowest BCUT2D eigenvalue weighted by molar-refractivity contribution is -0.132. The number of carbonyl (C=O) groups excluding carboxylic acids is 2. The number of nitrogens with zero attached hydrogens (tertiary/aromatic N) is 1. The highest BCUT2D eigenvalue weighted by Crippen LogP contribution is 2.30. The van der Waals surface area contributed by atoms with E-state index in [4.69, 9.17) is 9.94 Å². The van der Waals surface area contributed by atoms with E-state index >= 15 is 0 Å². The predicted octanol–water partition coefficient (Wildman–Crippen LogP) is 1.61. The molecular formula is C17H23FN2O6S. The van der Waals surface area contributed by atoms with Crippen molar-refractivity contribution in [2.45, 2.75) is 37.0 Å². The molecule has 2 N–H and O–H groups in total. The van der Waals surface area contributed by atoms with Crippen LogP contribution in [0.5, 0.6) is 0 Å². The lowest BCUT2D eigenvalue weighted by atomic mass is 10.0. The monoisotopic (exact) mass is 402 g/mol. The first kappa shape index (κ1) is 21.1. The van der Waals surface area contributed by atoms with Gasteiger partial charge in [-0.15, -0.1) is 0 Å². The number of amides is 2. The number of sulfone groups is 1. The maximum atomic E-state index is 12.2. The van der Waals surface area contributed by atoms with Gasteiger partial charge in [0.05, 0.1) is 13.2 Å². The van der Waals surface area contributed by atoms with Gasteiger partial charge in [0.15, 0.2) is 14.6 Å². The molecule has 1 fully saturated rings. The summed E-state index contributed by atoms with van der Waals surface area (Å²) in [6, 6.07) is 6.97. The molecule has 1 heterocycles. The summed E-state index contributed by atoms with van der Waals surface area (Å²) >= 11 is 0. The molecule has 150 valence electrons. The molecule has 0 aromatic heterocycles. The van der Waals surface area contributed by atoms with Crippen LogP contribution in [0.3, 0.4) is 0 Å². The fraction of sp³-hybridized carbons (Fsp3) is 0.529. The SMILES string of the molecule is C[C@@](C[C@H]1CN(c2ccc(CCCF)cc2)C(=O)O1)(C(=O)NO)S(C)(=O)=O. The van der Waals surface area contributed by atoms with Crippen LogP contribution in [0.25, 0.3) is 0 Å². The van der Waals surface area contributed by atoms with Gasteiger partial charge in [-0.1, -0.05) is 12.1 Å². The van der Waals surface area contributed by atoms with E-state index in [0.717, 1.165) is 11.8 Å². The zero-order valence-corrected chi connectivity index (χ0v) is 16.0. The molecule has 0 unspecified atom stereocenters. The number of rotatable bonds is 8. The minimum atomic E-state index is -3.89. The normalized spacial score (nSPS) is 19.5. The second-order valence-electron chi connectivity index (χ2n) is 6.72. The number of carbonyl (C=O) groups is 2. The fourth-order valence-corrected chi connectivity index (χ4v) is 3.79. The van der Waals surface area contributed by atoms with Crippen LogP contribution in [0, 0.1) is 0 Å². The number of hydrogen-bond donors (Lipinski definition) is 2. The minimum Gasteiger partial charge on any atom is -0.444 e. The largest absolute Gasteiger partial charge is 0.444 e. The Hall–Kier alpha value is -2.20. The molecule has 0 aliphatic carbocycles. The van der Waals surface area contributed by atoms with Crippen LogP contribution in [0.2, 0.25) is 0 Å². The van der Waals surface area contributed by atoms with E-state index in [0.29, 0.717) is 18.5 Å². The van der Waals surface area contributed by atoms with Gasteiger partial charge in [-0.2, -0.15) is 0 Å². The molecular weight excluding hydrogens is 379 g/mol. The number of alkyl halides is 1. The Balaban J connectivity index is 2.13. The molecule has 0 radical (unpaired) electrons. The van der Waals surface area contributed by atoms with Crippen molar-refractivity contribution in [3.05, 3.63) is 29.8 Å². The number of hydrogen-bond acceptors (Lipinski definition) is 6. The number of benzene rings is 1. The highest BCUT2D eigenvalue weighted by Gasteiger charge is 2.48. The molecule has 2 atom stereocenters. The smallest absolute Gasteiger partial charge is 0.414 e. The lowest BCUT2D eigenvalue weighted by Gasteiger charge is -2.26. The van der Waals surface area contributed by atoms with Gasteiger partial charge in [0.2, 0.25) is 0 Å². The van der Waals surface area contributed by atoms with Gasteiger partial charge in [-0.25, -0.2) is 18.7 Å². The van der Waals surface area contributed by atoms with Gasteiger partial charge in [0.25, 0.3) is 5.91 Å². The number of nitrogens with one attached hydrogen (secondary N) is 1. The molecule has 2 amide bonds. The molecule has 27 heavy (non-hydrogen) atoms. The van der Waals surface area contributed by atoms with Crippen molar-refractivity contribution < 1.29 is 32.3 Å². The molecule has 2 rings (SSSR count). The third kappa shape index (κ3) is 4.56. The average Bonchev–Trinajstić information content (AvgIpc) is 2.98. The Kier molecular flexibility index (Phi) is 6.42. The van der Waals surface area contributed by atoms with Crippen LogP contribution in [0.4, 0.5) is 14.9 Å². The van der Waals surface area contributed by atoms with Crippen molar-refractivity contribution >= 4 is 27.5 Å². The van der Waals surface area contributed by atoms with Crippen LogP contribution in [0.15, 0.2) is 24.3 Å². The molecule has 0 bridgehead atoms. The summed E-state index contributed by atoms with van der Waals surface area (Å²) in [6.07, 6.45) is 0.0939. The standard InChI is InChI=1S/C17H23FN2O6S/c1-17(15(21)19-23,27(2,24)25)10-14-11-20(16(22)26-14)13-7-5-12(6-8-13)4-3-9-18/h5-8,14,23H,3-4,9-11H2,1-2H3,(H,19,21)/t14-,17+/m0/s1. The summed E-state index contributed by atoms with van der Waals surface area (Å²) in [5.74, 6) is -1.09. The van der Waals surface area contributed by atoms with Crippen LogP contribution in [-0.4, -0.2) is 56.0 Å². The molecule has 0 spiro atoms. The highest BCUT2D eigenvalue weighted by atomic mass is 32.2. The van der Waals surface area contributed by atoms with Crippen LogP contribution in [0.1, 0.15) is 25.3 Å². The van der Waals surface area contributed by atoms with Crippen LogP contribution >= 0.6 is 0 Å². The molecule has 1 saturated heterocycles. The molecule has 1 aromatic carbocycles. The third-order valence-electron chi connectivity index (χ3n) is 4.74. The van der Waals surface area contributed by atoms with E-state index in [2.05, 4.69) is 0 Å². The summed E-state index contributed by atoms with van der Waals surface area (Å²) in [7, 11) is -3.89. The van der Waals surface area contributed by atoms with E-state index in [-0.39, 0.29) is 13.0 Å². The van der Waals surface area contributed by atoms with Gasteiger partial charge in [-0.05, 0) is 37.5 Å². The molecule has 1 aliphatic heterocycles. The number of halogens is 1. The number of anilines is 1. The maximum absolute atomic E-state index is 12.2. The van der Waals surface area contributed by atoms with Crippen molar-refractivity contribution in [3.63, 3.8) is 0 Å². The summed E-state index contributed by atoms with van der Waals surface area (Å²) in [5.41, 5.74) is 2.85. The first-order valence-electron chi connectivity index (χ1n) is 8.39. The van der Waals surface area contributed by atoms with Crippen molar-refractivity contribution in [2.75, 3.05) is 24.4 Å². The Morgan fingerprint density at radius 3 is 2.56 bits per heavy atom. The zero-order valence-electron chi connectivity index (χ0n) is 15.1. The highest BCUT2D eigenvalue weighted by molar-refractivity contribution is 7.92. The van der Waals surface area contributed by atoms with E-state index in [9.17, 15) is 22.4 Å². The van der Waals surface area contributed by atoms with Gasteiger partial charge < -0.3 is 4.74 Å². The first-order chi connectivity index (χ1) is 12.6. The maximum Gasteiger partial charge on any atom is 0.414 e.